The van der Waals surface area contributed by atoms with E-state index in [0.29, 0.717) is 18.1 Å². The summed E-state index contributed by atoms with van der Waals surface area (Å²) in [6.45, 7) is 0. The lowest BCUT2D eigenvalue weighted by molar-refractivity contribution is 0.347. The number of amidine groups is 1. The molecule has 0 bridgehead atoms. The molecule has 90 valence electrons. The molecule has 0 saturated heterocycles. The number of hydrogen-bond donors (Lipinski definition) is 2. The van der Waals surface area contributed by atoms with Crippen LogP contribution in [0.2, 0.25) is 0 Å². The van der Waals surface area contributed by atoms with Crippen LogP contribution in [0.15, 0.2) is 33.7 Å². The number of rotatable bonds is 1. The molecule has 1 aromatic carbocycles. The second-order valence-electron chi connectivity index (χ2n) is 4.85. The van der Waals surface area contributed by atoms with Gasteiger partial charge in [0.25, 0.3) is 0 Å². The summed E-state index contributed by atoms with van der Waals surface area (Å²) in [5, 5.41) is 3.52. The number of benzene rings is 1. The van der Waals surface area contributed by atoms with Crippen molar-refractivity contribution in [3.05, 3.63) is 34.3 Å². The van der Waals surface area contributed by atoms with Gasteiger partial charge in [-0.2, -0.15) is 0 Å². The zero-order valence-electron chi connectivity index (χ0n) is 9.57. The molecule has 1 aliphatic carbocycles. The highest BCUT2D eigenvalue weighted by atomic mass is 79.9. The lowest BCUT2D eigenvalue weighted by Crippen LogP contribution is -2.44. The minimum atomic E-state index is 0.331. The maximum atomic E-state index is 6.00. The van der Waals surface area contributed by atoms with Crippen molar-refractivity contribution in [1.29, 1.82) is 0 Å². The van der Waals surface area contributed by atoms with E-state index < -0.39 is 0 Å². The Bertz CT molecular complexity index is 458. The zero-order valence-corrected chi connectivity index (χ0v) is 11.2. The van der Waals surface area contributed by atoms with Gasteiger partial charge in [0.05, 0.1) is 12.1 Å². The molecule has 0 spiro atoms. The molecular formula is C13H16BrN3. The fraction of sp³-hybridized carbons (Fsp3) is 0.462. The molecule has 1 heterocycles. The fourth-order valence-electron chi connectivity index (χ4n) is 2.68. The second kappa shape index (κ2) is 4.42. The molecule has 1 aliphatic heterocycles. The zero-order chi connectivity index (χ0) is 11.8. The minimum Gasteiger partial charge on any atom is -0.365 e. The molecule has 3 atom stereocenters. The van der Waals surface area contributed by atoms with E-state index in [9.17, 15) is 0 Å². The molecule has 0 amide bonds. The first-order valence-electron chi connectivity index (χ1n) is 6.09. The minimum absolute atomic E-state index is 0.331. The molecule has 3 rings (SSSR count). The Kier molecular flexibility index (Phi) is 2.92. The maximum Gasteiger partial charge on any atom is 0.130 e. The Morgan fingerprint density at radius 3 is 2.94 bits per heavy atom. The van der Waals surface area contributed by atoms with Crippen molar-refractivity contribution in [2.45, 2.75) is 37.4 Å². The number of nitrogens with zero attached hydrogens (tertiary/aromatic N) is 1. The highest BCUT2D eigenvalue weighted by Crippen LogP contribution is 2.27. The Labute approximate surface area is 110 Å². The van der Waals surface area contributed by atoms with Gasteiger partial charge in [-0.1, -0.05) is 34.1 Å². The monoisotopic (exact) mass is 293 g/mol. The lowest BCUT2D eigenvalue weighted by atomic mass is 9.88. The van der Waals surface area contributed by atoms with E-state index in [0.717, 1.165) is 35.1 Å². The van der Waals surface area contributed by atoms with Gasteiger partial charge in [0.2, 0.25) is 0 Å². The molecular weight excluding hydrogens is 278 g/mol. The van der Waals surface area contributed by atoms with E-state index in [1.54, 1.807) is 0 Å². The molecule has 1 aromatic rings. The highest BCUT2D eigenvalue weighted by molar-refractivity contribution is 9.10. The molecule has 17 heavy (non-hydrogen) atoms. The van der Waals surface area contributed by atoms with Crippen molar-refractivity contribution in [3.63, 3.8) is 0 Å². The Hall–Kier alpha value is -0.870. The third-order valence-corrected chi connectivity index (χ3v) is 4.29. The van der Waals surface area contributed by atoms with E-state index in [1.165, 1.54) is 0 Å². The summed E-state index contributed by atoms with van der Waals surface area (Å²) in [4.78, 5) is 4.80. The molecule has 3 N–H and O–H groups in total. The summed E-state index contributed by atoms with van der Waals surface area (Å²) in [6, 6.07) is 9.38. The standard InChI is InChI=1S/C13H16BrN3/c14-10-4-2-1-3-9(10)13-16-11-6-5-8(15)7-12(11)17-13/h1-4,8,11-12H,5-7,15H2,(H,16,17). The van der Waals surface area contributed by atoms with Gasteiger partial charge in [0.1, 0.15) is 5.84 Å². The summed E-state index contributed by atoms with van der Waals surface area (Å²) in [7, 11) is 0. The molecule has 1 fully saturated rings. The third kappa shape index (κ3) is 2.11. The molecule has 0 aromatic heterocycles. The topological polar surface area (TPSA) is 50.4 Å². The molecule has 1 saturated carbocycles. The number of nitrogens with two attached hydrogens (primary N) is 1. The van der Waals surface area contributed by atoms with Crippen LogP contribution in [0.4, 0.5) is 0 Å². The van der Waals surface area contributed by atoms with E-state index in [1.807, 2.05) is 18.2 Å². The Morgan fingerprint density at radius 1 is 1.29 bits per heavy atom. The van der Waals surface area contributed by atoms with Gasteiger partial charge in [-0.3, -0.25) is 4.99 Å². The van der Waals surface area contributed by atoms with Gasteiger partial charge >= 0.3 is 0 Å². The van der Waals surface area contributed by atoms with Crippen LogP contribution >= 0.6 is 15.9 Å². The predicted octanol–water partition coefficient (Wildman–Crippen LogP) is 2.05. The van der Waals surface area contributed by atoms with Crippen LogP contribution in [0.3, 0.4) is 0 Å². The molecule has 4 heteroatoms. The average Bonchev–Trinajstić information content (AvgIpc) is 2.72. The van der Waals surface area contributed by atoms with Gasteiger partial charge < -0.3 is 11.1 Å². The van der Waals surface area contributed by atoms with Crippen molar-refractivity contribution in [2.24, 2.45) is 10.7 Å². The number of aliphatic imine (C=N–C) groups is 1. The molecule has 2 aliphatic rings. The fourth-order valence-corrected chi connectivity index (χ4v) is 3.15. The summed E-state index contributed by atoms with van der Waals surface area (Å²) in [5.74, 6) is 1.02. The van der Waals surface area contributed by atoms with Gasteiger partial charge in [0.15, 0.2) is 0 Å². The first-order chi connectivity index (χ1) is 8.24. The molecule has 0 radical (unpaired) electrons. The number of halogens is 1. The summed E-state index contributed by atoms with van der Waals surface area (Å²) < 4.78 is 1.09. The lowest BCUT2D eigenvalue weighted by Gasteiger charge is -2.28. The summed E-state index contributed by atoms with van der Waals surface area (Å²) >= 11 is 3.57. The largest absolute Gasteiger partial charge is 0.365 e. The predicted molar refractivity (Wildman–Crippen MR) is 73.2 cm³/mol. The number of nitrogens with one attached hydrogen (secondary N) is 1. The first kappa shape index (κ1) is 11.2. The van der Waals surface area contributed by atoms with E-state index in [-0.39, 0.29) is 0 Å². The van der Waals surface area contributed by atoms with Crippen molar-refractivity contribution in [3.8, 4) is 0 Å². The summed E-state index contributed by atoms with van der Waals surface area (Å²) in [5.41, 5.74) is 7.15. The van der Waals surface area contributed by atoms with Gasteiger partial charge in [-0.05, 0) is 25.3 Å². The smallest absolute Gasteiger partial charge is 0.130 e. The van der Waals surface area contributed by atoms with Crippen molar-refractivity contribution in [1.82, 2.24) is 5.32 Å². The van der Waals surface area contributed by atoms with Crippen LogP contribution in [0.25, 0.3) is 0 Å². The van der Waals surface area contributed by atoms with Crippen LogP contribution in [0.5, 0.6) is 0 Å². The van der Waals surface area contributed by atoms with E-state index >= 15 is 0 Å². The average molecular weight is 294 g/mol. The molecule has 3 unspecified atom stereocenters. The van der Waals surface area contributed by atoms with Gasteiger partial charge in [-0.15, -0.1) is 0 Å². The van der Waals surface area contributed by atoms with Crippen LogP contribution in [0.1, 0.15) is 24.8 Å². The second-order valence-corrected chi connectivity index (χ2v) is 5.70. The van der Waals surface area contributed by atoms with Crippen LogP contribution in [-0.4, -0.2) is 24.0 Å². The maximum absolute atomic E-state index is 6.00. The van der Waals surface area contributed by atoms with Crippen LogP contribution in [-0.2, 0) is 0 Å². The third-order valence-electron chi connectivity index (χ3n) is 3.60. The van der Waals surface area contributed by atoms with Gasteiger partial charge in [-0.25, -0.2) is 0 Å². The number of hydrogen-bond acceptors (Lipinski definition) is 3. The summed E-state index contributed by atoms with van der Waals surface area (Å²) in [6.07, 6.45) is 3.23. The van der Waals surface area contributed by atoms with E-state index in [2.05, 4.69) is 27.3 Å². The first-order valence-corrected chi connectivity index (χ1v) is 6.88. The van der Waals surface area contributed by atoms with Crippen LogP contribution < -0.4 is 11.1 Å². The van der Waals surface area contributed by atoms with E-state index in [4.69, 9.17) is 10.7 Å². The quantitative estimate of drug-likeness (QED) is 0.833. The van der Waals surface area contributed by atoms with Crippen molar-refractivity contribution < 1.29 is 0 Å². The van der Waals surface area contributed by atoms with Crippen LogP contribution in [0, 0.1) is 0 Å². The van der Waals surface area contributed by atoms with Gasteiger partial charge in [0, 0.05) is 16.1 Å². The highest BCUT2D eigenvalue weighted by Gasteiger charge is 2.34. The molecule has 3 nitrogen and oxygen atoms in total. The Balaban J connectivity index is 1.85. The van der Waals surface area contributed by atoms with Crippen molar-refractivity contribution in [2.75, 3.05) is 0 Å². The number of fused-ring (bicyclic) bond motifs is 1. The van der Waals surface area contributed by atoms with Crippen molar-refractivity contribution >= 4 is 21.8 Å². The SMILES string of the molecule is NC1CCC2N=C(c3ccccc3Br)NC2C1. The normalized spacial score (nSPS) is 31.6. The Morgan fingerprint density at radius 2 is 2.12 bits per heavy atom.